The first-order valence-corrected chi connectivity index (χ1v) is 37.7. The van der Waals surface area contributed by atoms with E-state index in [9.17, 15) is 14.4 Å². The lowest BCUT2D eigenvalue weighted by atomic mass is 10.0. The van der Waals surface area contributed by atoms with E-state index in [0.29, 0.717) is 19.3 Å². The van der Waals surface area contributed by atoms with Crippen molar-refractivity contribution in [3.05, 3.63) is 12.2 Å². The number of allylic oxidation sites excluding steroid dienone is 2. The second-order valence-corrected chi connectivity index (χ2v) is 25.9. The second kappa shape index (κ2) is 71.6. The smallest absolute Gasteiger partial charge is 0.306 e. The molecule has 0 aromatic carbocycles. The molecule has 6 nitrogen and oxygen atoms in total. The SMILES string of the molecule is CCCCCCCCCC/C=C\CCCCCCCCCCCC(=O)OC(COC(=O)CCCCCCCCCCCCCCCCCCC)COC(=O)CCCCCCCCCCCCCCCCCCCCCCCCCCCC. The Balaban J connectivity index is 4.24. The topological polar surface area (TPSA) is 78.9 Å². The molecule has 6 heteroatoms. The summed E-state index contributed by atoms with van der Waals surface area (Å²) in [5.74, 6) is -0.825. The van der Waals surface area contributed by atoms with E-state index < -0.39 is 6.10 Å². The number of hydrogen-bond donors (Lipinski definition) is 0. The van der Waals surface area contributed by atoms with Crippen molar-refractivity contribution >= 4 is 17.9 Å². The van der Waals surface area contributed by atoms with E-state index in [0.717, 1.165) is 57.8 Å². The van der Waals surface area contributed by atoms with Crippen LogP contribution in [0.2, 0.25) is 0 Å². The van der Waals surface area contributed by atoms with E-state index in [4.69, 9.17) is 14.2 Å². The van der Waals surface area contributed by atoms with Gasteiger partial charge in [-0.1, -0.05) is 386 Å². The van der Waals surface area contributed by atoms with Crippen LogP contribution in [0.4, 0.5) is 0 Å². The Hall–Kier alpha value is -1.85. The largest absolute Gasteiger partial charge is 0.462 e. The van der Waals surface area contributed by atoms with Gasteiger partial charge in [-0.3, -0.25) is 14.4 Å². The average Bonchev–Trinajstić information content (AvgIpc) is 3.47. The van der Waals surface area contributed by atoms with Gasteiger partial charge in [0.05, 0.1) is 0 Å². The van der Waals surface area contributed by atoms with Crippen LogP contribution in [0.15, 0.2) is 12.2 Å². The summed E-state index contributed by atoms with van der Waals surface area (Å²) in [5, 5.41) is 0. The van der Waals surface area contributed by atoms with Gasteiger partial charge < -0.3 is 14.2 Å². The highest BCUT2D eigenvalue weighted by Gasteiger charge is 2.20. The van der Waals surface area contributed by atoms with Crippen LogP contribution in [0.25, 0.3) is 0 Å². The van der Waals surface area contributed by atoms with Gasteiger partial charge in [-0.05, 0) is 44.9 Å². The van der Waals surface area contributed by atoms with Gasteiger partial charge in [0.15, 0.2) is 6.10 Å². The molecule has 0 aliphatic carbocycles. The minimum atomic E-state index is -0.768. The minimum absolute atomic E-state index is 0.0634. The summed E-state index contributed by atoms with van der Waals surface area (Å²) in [6.07, 6.45) is 86.8. The highest BCUT2D eigenvalue weighted by molar-refractivity contribution is 5.71. The summed E-state index contributed by atoms with van der Waals surface area (Å²) in [6.45, 7) is 6.74. The first-order valence-electron chi connectivity index (χ1n) is 37.7. The molecule has 0 aliphatic heterocycles. The molecule has 0 amide bonds. The van der Waals surface area contributed by atoms with Crippen LogP contribution in [0, 0.1) is 0 Å². The molecule has 0 aromatic heterocycles. The molecule has 0 aromatic rings. The predicted molar refractivity (Wildman–Crippen MR) is 358 cm³/mol. The van der Waals surface area contributed by atoms with Gasteiger partial charge in [0.2, 0.25) is 0 Å². The molecular formula is C76H146O6. The van der Waals surface area contributed by atoms with Crippen LogP contribution >= 0.6 is 0 Å². The van der Waals surface area contributed by atoms with Crippen molar-refractivity contribution in [3.8, 4) is 0 Å². The van der Waals surface area contributed by atoms with Crippen molar-refractivity contribution in [3.63, 3.8) is 0 Å². The number of carbonyl (C=O) groups excluding carboxylic acids is 3. The first kappa shape index (κ1) is 80.2. The van der Waals surface area contributed by atoms with E-state index in [1.165, 1.54) is 340 Å². The van der Waals surface area contributed by atoms with Gasteiger partial charge >= 0.3 is 17.9 Å². The predicted octanol–water partition coefficient (Wildman–Crippen LogP) is 26.0. The van der Waals surface area contributed by atoms with Crippen LogP contribution in [-0.2, 0) is 28.6 Å². The van der Waals surface area contributed by atoms with E-state index in [1.54, 1.807) is 0 Å². The Morgan fingerprint density at radius 3 is 0.610 bits per heavy atom. The van der Waals surface area contributed by atoms with Crippen molar-refractivity contribution in [2.24, 2.45) is 0 Å². The van der Waals surface area contributed by atoms with Crippen LogP contribution in [0.5, 0.6) is 0 Å². The molecular weight excluding hydrogens is 1010 g/mol. The number of carbonyl (C=O) groups is 3. The fourth-order valence-corrected chi connectivity index (χ4v) is 11.9. The molecule has 0 saturated heterocycles. The van der Waals surface area contributed by atoms with Gasteiger partial charge in [0.1, 0.15) is 13.2 Å². The second-order valence-electron chi connectivity index (χ2n) is 25.9. The zero-order valence-electron chi connectivity index (χ0n) is 56.1. The third-order valence-electron chi connectivity index (χ3n) is 17.5. The van der Waals surface area contributed by atoms with Crippen molar-refractivity contribution < 1.29 is 28.6 Å². The Morgan fingerprint density at radius 2 is 0.402 bits per heavy atom. The molecule has 1 unspecified atom stereocenters. The van der Waals surface area contributed by atoms with Gasteiger partial charge in [-0.25, -0.2) is 0 Å². The molecule has 0 N–H and O–H groups in total. The Labute approximate surface area is 513 Å². The number of rotatable bonds is 71. The molecule has 0 saturated carbocycles. The van der Waals surface area contributed by atoms with Gasteiger partial charge in [0.25, 0.3) is 0 Å². The zero-order chi connectivity index (χ0) is 59.2. The maximum atomic E-state index is 13.0. The molecule has 1 atom stereocenters. The molecule has 0 fully saturated rings. The molecule has 0 aliphatic rings. The summed E-state index contributed by atoms with van der Waals surface area (Å²) in [6, 6.07) is 0. The summed E-state index contributed by atoms with van der Waals surface area (Å²) in [5.41, 5.74) is 0. The standard InChI is InChI=1S/C76H146O6/c1-4-7-10-13-16-19-22-25-28-31-33-35-36-37-38-39-41-42-45-48-51-54-57-60-63-66-69-75(78)81-72-73(71-80-74(77)68-65-62-59-56-53-50-47-44-30-27-24-21-18-15-12-9-6-3)82-76(79)70-67-64-61-58-55-52-49-46-43-40-34-32-29-26-23-20-17-14-11-8-5-2/h32,34,73H,4-31,33,35-72H2,1-3H3/b34-32-. The van der Waals surface area contributed by atoms with Crippen molar-refractivity contribution in [1.29, 1.82) is 0 Å². The van der Waals surface area contributed by atoms with Crippen molar-refractivity contribution in [2.45, 2.75) is 444 Å². The monoisotopic (exact) mass is 1160 g/mol. The zero-order valence-corrected chi connectivity index (χ0v) is 56.1. The molecule has 0 radical (unpaired) electrons. The van der Waals surface area contributed by atoms with E-state index in [2.05, 4.69) is 32.9 Å². The lowest BCUT2D eigenvalue weighted by Crippen LogP contribution is -2.30. The molecule has 0 rings (SSSR count). The average molecular weight is 1160 g/mol. The summed E-state index contributed by atoms with van der Waals surface area (Å²) in [4.78, 5) is 38.5. The van der Waals surface area contributed by atoms with Crippen LogP contribution in [0.3, 0.4) is 0 Å². The Morgan fingerprint density at radius 1 is 0.232 bits per heavy atom. The third kappa shape index (κ3) is 68.9. The summed E-state index contributed by atoms with van der Waals surface area (Å²) >= 11 is 0. The lowest BCUT2D eigenvalue weighted by molar-refractivity contribution is -0.167. The summed E-state index contributed by atoms with van der Waals surface area (Å²) in [7, 11) is 0. The highest BCUT2D eigenvalue weighted by Crippen LogP contribution is 2.20. The lowest BCUT2D eigenvalue weighted by Gasteiger charge is -2.18. The fraction of sp³-hybridized carbons (Fsp3) is 0.934. The molecule has 0 bridgehead atoms. The maximum absolute atomic E-state index is 13.0. The van der Waals surface area contributed by atoms with Crippen LogP contribution in [-0.4, -0.2) is 37.2 Å². The Bertz CT molecular complexity index is 1280. The van der Waals surface area contributed by atoms with Gasteiger partial charge in [-0.15, -0.1) is 0 Å². The fourth-order valence-electron chi connectivity index (χ4n) is 11.9. The van der Waals surface area contributed by atoms with Gasteiger partial charge in [0, 0.05) is 19.3 Å². The van der Waals surface area contributed by atoms with Crippen LogP contribution in [0.1, 0.15) is 438 Å². The molecule has 0 spiro atoms. The number of ether oxygens (including phenoxy) is 3. The van der Waals surface area contributed by atoms with Crippen molar-refractivity contribution in [2.75, 3.05) is 13.2 Å². The number of hydrogen-bond acceptors (Lipinski definition) is 6. The number of unbranched alkanes of at least 4 members (excludes halogenated alkanes) is 58. The first-order chi connectivity index (χ1) is 40.5. The van der Waals surface area contributed by atoms with Crippen LogP contribution < -0.4 is 0 Å². The van der Waals surface area contributed by atoms with E-state index in [-0.39, 0.29) is 31.1 Å². The van der Waals surface area contributed by atoms with E-state index in [1.807, 2.05) is 0 Å². The quantitative estimate of drug-likeness (QED) is 0.0261. The molecule has 0 heterocycles. The maximum Gasteiger partial charge on any atom is 0.306 e. The normalized spacial score (nSPS) is 12.0. The minimum Gasteiger partial charge on any atom is -0.462 e. The molecule has 82 heavy (non-hydrogen) atoms. The summed E-state index contributed by atoms with van der Waals surface area (Å²) < 4.78 is 17.1. The molecule has 486 valence electrons. The van der Waals surface area contributed by atoms with Crippen molar-refractivity contribution in [1.82, 2.24) is 0 Å². The van der Waals surface area contributed by atoms with E-state index >= 15 is 0 Å². The van der Waals surface area contributed by atoms with Gasteiger partial charge in [-0.2, -0.15) is 0 Å². The Kier molecular flexibility index (Phi) is 70.0. The number of esters is 3. The highest BCUT2D eigenvalue weighted by atomic mass is 16.6. The third-order valence-corrected chi connectivity index (χ3v) is 17.5.